The van der Waals surface area contributed by atoms with Gasteiger partial charge in [0.1, 0.15) is 42.3 Å². The van der Waals surface area contributed by atoms with E-state index in [1.165, 1.54) is 37.4 Å². The van der Waals surface area contributed by atoms with Crippen molar-refractivity contribution in [3.8, 4) is 0 Å². The highest BCUT2D eigenvalue weighted by Crippen LogP contribution is 2.22. The van der Waals surface area contributed by atoms with Crippen LogP contribution in [0.25, 0.3) is 11.2 Å². The van der Waals surface area contributed by atoms with Crippen LogP contribution < -0.4 is 32.6 Å². The number of amides is 3. The SMILES string of the molecule is CC[C@H](NC(=O)[C@@H](CC(=O)[C@H](CC(=O)O)NC(=O)[C@@H](CC(=O)CC[C@H](NC(=O)c1ccc(NCc2cnc3nc(N)[nH]c(=O)c3n2)cc1)C(=O)O)[C@@H](O)[C@H](O)[C@H](O)CO)[C@@H](O)[C@H](O)[C@H](O)CO)C(=O)O. The van der Waals surface area contributed by atoms with Crippen molar-refractivity contribution in [3.05, 3.63) is 52.1 Å². The van der Waals surface area contributed by atoms with Gasteiger partial charge in [0.15, 0.2) is 16.9 Å². The summed E-state index contributed by atoms with van der Waals surface area (Å²) < 4.78 is 0. The minimum Gasteiger partial charge on any atom is -0.481 e. The summed E-state index contributed by atoms with van der Waals surface area (Å²) in [7, 11) is 0. The molecule has 0 saturated heterocycles. The molecule has 3 amide bonds. The number of nitrogens with one attached hydrogen (secondary N) is 5. The number of carboxylic acids is 3. The number of rotatable bonds is 30. The average Bonchev–Trinajstić information content (AvgIpc) is 3.32. The molecule has 0 aliphatic heterocycles. The Labute approximate surface area is 394 Å². The van der Waals surface area contributed by atoms with Crippen LogP contribution in [0.2, 0.25) is 0 Å². The molecule has 384 valence electrons. The van der Waals surface area contributed by atoms with E-state index in [9.17, 15) is 99.3 Å². The van der Waals surface area contributed by atoms with Gasteiger partial charge in [0.25, 0.3) is 11.5 Å². The predicted octanol–water partition coefficient (Wildman–Crippen LogP) is -5.89. The Morgan fingerprint density at radius 2 is 1.24 bits per heavy atom. The van der Waals surface area contributed by atoms with Crippen molar-refractivity contribution >= 4 is 70.0 Å². The lowest BCUT2D eigenvalue weighted by Gasteiger charge is -2.31. The third-order valence-corrected chi connectivity index (χ3v) is 10.8. The second-order valence-electron chi connectivity index (χ2n) is 15.9. The molecule has 2 aromatic heterocycles. The van der Waals surface area contributed by atoms with Crippen molar-refractivity contribution in [2.45, 2.75) is 107 Å². The van der Waals surface area contributed by atoms with Gasteiger partial charge in [0.2, 0.25) is 17.8 Å². The van der Waals surface area contributed by atoms with Crippen LogP contribution in [0.5, 0.6) is 0 Å². The van der Waals surface area contributed by atoms with Crippen LogP contribution >= 0.6 is 0 Å². The van der Waals surface area contributed by atoms with Crippen molar-refractivity contribution < 1.29 is 94.5 Å². The van der Waals surface area contributed by atoms with Gasteiger partial charge in [-0.15, -0.1) is 0 Å². The van der Waals surface area contributed by atoms with E-state index in [4.69, 9.17) is 5.73 Å². The second kappa shape index (κ2) is 26.6. The third-order valence-electron chi connectivity index (χ3n) is 10.8. The van der Waals surface area contributed by atoms with Crippen molar-refractivity contribution in [3.63, 3.8) is 0 Å². The van der Waals surface area contributed by atoms with E-state index in [-0.39, 0.29) is 35.6 Å². The van der Waals surface area contributed by atoms with E-state index in [0.717, 1.165) is 0 Å². The van der Waals surface area contributed by atoms with Gasteiger partial charge in [-0.2, -0.15) is 4.98 Å². The van der Waals surface area contributed by atoms with Gasteiger partial charge < -0.3 is 83.2 Å². The van der Waals surface area contributed by atoms with Crippen LogP contribution in [0.15, 0.2) is 35.3 Å². The number of ketones is 2. The van der Waals surface area contributed by atoms with E-state index in [1.807, 2.05) is 10.6 Å². The Balaban J connectivity index is 1.77. The van der Waals surface area contributed by atoms with E-state index in [2.05, 4.69) is 30.6 Å². The number of benzene rings is 1. The number of carbonyl (C=O) groups is 8. The lowest BCUT2D eigenvalue weighted by atomic mass is 9.86. The molecule has 29 heteroatoms. The Hall–Kier alpha value is -7.12. The molecule has 0 bridgehead atoms. The number of carbonyl (C=O) groups excluding carboxylic acids is 5. The van der Waals surface area contributed by atoms with Gasteiger partial charge in [-0.25, -0.2) is 19.6 Å². The molecule has 0 aliphatic carbocycles. The summed E-state index contributed by atoms with van der Waals surface area (Å²) in [5.74, 6) is -15.7. The molecule has 0 unspecified atom stereocenters. The molecule has 70 heavy (non-hydrogen) atoms. The highest BCUT2D eigenvalue weighted by atomic mass is 16.4. The summed E-state index contributed by atoms with van der Waals surface area (Å²) in [4.78, 5) is 129. The Bertz CT molecular complexity index is 2400. The topological polar surface area (TPSA) is 505 Å². The molecule has 3 aromatic rings. The summed E-state index contributed by atoms with van der Waals surface area (Å²) in [6.45, 7) is -0.953. The Morgan fingerprint density at radius 3 is 1.76 bits per heavy atom. The molecule has 3 rings (SSSR count). The number of aromatic nitrogens is 4. The number of aliphatic hydroxyl groups is 8. The van der Waals surface area contributed by atoms with Crippen molar-refractivity contribution in [2.24, 2.45) is 11.8 Å². The first-order chi connectivity index (χ1) is 32.9. The summed E-state index contributed by atoms with van der Waals surface area (Å²) in [5, 5.41) is 119. The first-order valence-corrected chi connectivity index (χ1v) is 21.2. The van der Waals surface area contributed by atoms with Gasteiger partial charge in [0, 0.05) is 30.5 Å². The van der Waals surface area contributed by atoms with E-state index in [1.54, 1.807) is 0 Å². The molecule has 1 aromatic carbocycles. The Morgan fingerprint density at radius 1 is 0.700 bits per heavy atom. The molecule has 29 nitrogen and oxygen atoms in total. The second-order valence-corrected chi connectivity index (χ2v) is 15.9. The molecular formula is C41H55N9O20. The van der Waals surface area contributed by atoms with Crippen LogP contribution in [-0.2, 0) is 40.1 Å². The number of aliphatic hydroxyl groups excluding tert-OH is 8. The highest BCUT2D eigenvalue weighted by Gasteiger charge is 2.42. The fourth-order valence-electron chi connectivity index (χ4n) is 6.70. The molecule has 0 radical (unpaired) electrons. The highest BCUT2D eigenvalue weighted by molar-refractivity contribution is 5.98. The number of hydrogen-bond acceptors (Lipinski definition) is 22. The number of hydrogen-bond donors (Lipinski definition) is 17. The molecule has 11 atom stereocenters. The van der Waals surface area contributed by atoms with Crippen molar-refractivity contribution in [1.29, 1.82) is 0 Å². The lowest BCUT2D eigenvalue weighted by molar-refractivity contribution is -0.149. The number of nitrogens with zero attached hydrogens (tertiary/aromatic N) is 3. The Kier molecular flexibility index (Phi) is 21.7. The monoisotopic (exact) mass is 993 g/mol. The number of aromatic amines is 1. The lowest BCUT2D eigenvalue weighted by Crippen LogP contribution is -2.54. The standard InChI is InChI=1S/C41H55N9O20/c1-2-22(39(67)68)46-37(65)21(31(60)33(62)27(56)15-52)10-25(54)24(11-28(57)58)48-36(64)20(30(59)32(61)26(55)14-51)9-19(53)7-8-23(40(69)70)47-35(63)16-3-5-17(6-4-16)43-12-18-13-44-34-29(45-18)38(66)50-41(42)49-34/h3-6,13,20-24,26-27,30-33,43,51-52,55-56,59-62H,2,7-12,14-15H2,1H3,(H,46,65)(H,47,63)(H,48,64)(H,57,58)(H,67,68)(H,69,70)(H3,42,44,49,50,66)/t20-,21-,22-,23-,24-,26+,27+,30+,31+,32+,33+/m0/s1. The average molecular weight is 994 g/mol. The summed E-state index contributed by atoms with van der Waals surface area (Å²) in [5.41, 5.74) is 5.67. The number of nitrogen functional groups attached to an aromatic ring is 1. The van der Waals surface area contributed by atoms with Crippen LogP contribution in [0.3, 0.4) is 0 Å². The molecule has 18 N–H and O–H groups in total. The molecule has 0 spiro atoms. The summed E-state index contributed by atoms with van der Waals surface area (Å²) >= 11 is 0. The van der Waals surface area contributed by atoms with Crippen molar-refractivity contribution in [1.82, 2.24) is 35.9 Å². The normalized spacial score (nSPS) is 16.1. The molecule has 0 aliphatic rings. The summed E-state index contributed by atoms with van der Waals surface area (Å²) in [6, 6.07) is 0.00784. The quantitative estimate of drug-likeness (QED) is 0.0296. The van der Waals surface area contributed by atoms with Gasteiger partial charge >= 0.3 is 17.9 Å². The zero-order valence-electron chi connectivity index (χ0n) is 37.1. The predicted molar refractivity (Wildman–Crippen MR) is 235 cm³/mol. The van der Waals surface area contributed by atoms with Crippen LogP contribution in [0, 0.1) is 11.8 Å². The molecule has 0 fully saturated rings. The van der Waals surface area contributed by atoms with Crippen LogP contribution in [0.1, 0.15) is 61.5 Å². The third kappa shape index (κ3) is 16.3. The smallest absolute Gasteiger partial charge is 0.326 e. The number of carboxylic acid groups (broad SMARTS) is 3. The van der Waals surface area contributed by atoms with Gasteiger partial charge in [-0.05, 0) is 37.1 Å². The van der Waals surface area contributed by atoms with Crippen LogP contribution in [0.4, 0.5) is 11.6 Å². The first kappa shape index (κ1) is 57.2. The fourth-order valence-corrected chi connectivity index (χ4v) is 6.70. The van der Waals surface area contributed by atoms with Gasteiger partial charge in [-0.3, -0.25) is 38.5 Å². The van der Waals surface area contributed by atoms with E-state index >= 15 is 0 Å². The van der Waals surface area contributed by atoms with E-state index in [0.29, 0.717) is 11.4 Å². The van der Waals surface area contributed by atoms with Crippen molar-refractivity contribution in [2.75, 3.05) is 24.3 Å². The maximum absolute atomic E-state index is 13.7. The van der Waals surface area contributed by atoms with E-state index < -0.39 is 165 Å². The minimum absolute atomic E-state index is 0.0311. The number of H-pyrrole nitrogens is 1. The largest absolute Gasteiger partial charge is 0.481 e. The zero-order chi connectivity index (χ0) is 52.6. The van der Waals surface area contributed by atoms with Gasteiger partial charge in [0.05, 0.1) is 68.2 Å². The van der Waals surface area contributed by atoms with Crippen LogP contribution in [-0.4, -0.2) is 191 Å². The number of Topliss-reactive ketones (excluding diaryl/α,β-unsaturated/α-hetero) is 2. The molecule has 0 saturated carbocycles. The zero-order valence-corrected chi connectivity index (χ0v) is 37.1. The number of fused-ring (bicyclic) bond motifs is 1. The molecular weight excluding hydrogens is 938 g/mol. The maximum Gasteiger partial charge on any atom is 0.326 e. The first-order valence-electron chi connectivity index (χ1n) is 21.2. The number of nitrogens with two attached hydrogens (primary N) is 1. The van der Waals surface area contributed by atoms with Gasteiger partial charge in [-0.1, -0.05) is 6.92 Å². The maximum atomic E-state index is 13.7. The fraction of sp³-hybridized carbons (Fsp3) is 0.512. The number of aliphatic carboxylic acids is 3. The summed E-state index contributed by atoms with van der Waals surface area (Å²) in [6.07, 6.45) is -17.8. The number of anilines is 2. The molecule has 2 heterocycles. The minimum atomic E-state index is -2.46.